The number of hydrogen-bond donors (Lipinski definition) is 2. The molecule has 0 unspecified atom stereocenters. The minimum absolute atomic E-state index is 0.505. The molecule has 18 heavy (non-hydrogen) atoms. The number of nitrogens with zero attached hydrogens (tertiary/aromatic N) is 4. The van der Waals surface area contributed by atoms with Gasteiger partial charge in [0.1, 0.15) is 17.8 Å². The molecule has 94 valence electrons. The number of nitrogen functional groups attached to an aromatic ring is 1. The van der Waals surface area contributed by atoms with E-state index in [2.05, 4.69) is 20.3 Å². The fourth-order valence-electron chi connectivity index (χ4n) is 1.51. The quantitative estimate of drug-likeness (QED) is 0.853. The van der Waals surface area contributed by atoms with E-state index in [0.29, 0.717) is 23.1 Å². The van der Waals surface area contributed by atoms with Gasteiger partial charge < -0.3 is 16.0 Å². The third-order valence-electron chi connectivity index (χ3n) is 2.44. The van der Waals surface area contributed by atoms with Crippen LogP contribution < -0.4 is 16.0 Å². The van der Waals surface area contributed by atoms with E-state index in [0.717, 1.165) is 5.56 Å². The van der Waals surface area contributed by atoms with E-state index < -0.39 is 0 Å². The molecule has 6 nitrogen and oxygen atoms in total. The Hall–Kier alpha value is -2.37. The SMILES string of the molecule is Cc1ccc(Nc2ncnc(N(C)C)c2N)nc1. The highest BCUT2D eigenvalue weighted by atomic mass is 15.2. The summed E-state index contributed by atoms with van der Waals surface area (Å²) in [5.41, 5.74) is 7.61. The number of rotatable bonds is 3. The number of aromatic nitrogens is 3. The smallest absolute Gasteiger partial charge is 0.160 e. The van der Waals surface area contributed by atoms with Crippen molar-refractivity contribution >= 4 is 23.1 Å². The molecule has 0 saturated heterocycles. The molecule has 0 spiro atoms. The minimum Gasteiger partial charge on any atom is -0.393 e. The first-order valence-electron chi connectivity index (χ1n) is 5.55. The van der Waals surface area contributed by atoms with Crippen molar-refractivity contribution in [2.24, 2.45) is 0 Å². The molecular weight excluding hydrogens is 228 g/mol. The molecule has 0 amide bonds. The van der Waals surface area contributed by atoms with Crippen LogP contribution >= 0.6 is 0 Å². The second kappa shape index (κ2) is 4.87. The Morgan fingerprint density at radius 1 is 1.17 bits per heavy atom. The van der Waals surface area contributed by atoms with Crippen molar-refractivity contribution in [2.75, 3.05) is 30.0 Å². The third kappa shape index (κ3) is 2.48. The van der Waals surface area contributed by atoms with Crippen molar-refractivity contribution < 1.29 is 0 Å². The molecule has 0 radical (unpaired) electrons. The van der Waals surface area contributed by atoms with Crippen molar-refractivity contribution in [3.8, 4) is 0 Å². The summed E-state index contributed by atoms with van der Waals surface area (Å²) in [6.45, 7) is 1.99. The lowest BCUT2D eigenvalue weighted by molar-refractivity contribution is 1.04. The first-order valence-corrected chi connectivity index (χ1v) is 5.55. The van der Waals surface area contributed by atoms with Crippen LogP contribution in [0, 0.1) is 6.92 Å². The van der Waals surface area contributed by atoms with E-state index in [1.54, 1.807) is 6.20 Å². The van der Waals surface area contributed by atoms with Crippen LogP contribution in [0.3, 0.4) is 0 Å². The monoisotopic (exact) mass is 244 g/mol. The zero-order valence-electron chi connectivity index (χ0n) is 10.7. The molecule has 0 aromatic carbocycles. The average molecular weight is 244 g/mol. The molecule has 3 N–H and O–H groups in total. The molecule has 2 heterocycles. The molecular formula is C12H16N6. The van der Waals surface area contributed by atoms with Crippen LogP contribution in [0.25, 0.3) is 0 Å². The van der Waals surface area contributed by atoms with Gasteiger partial charge in [-0.1, -0.05) is 6.07 Å². The van der Waals surface area contributed by atoms with E-state index in [-0.39, 0.29) is 0 Å². The lowest BCUT2D eigenvalue weighted by Crippen LogP contribution is -2.14. The summed E-state index contributed by atoms with van der Waals surface area (Å²) in [7, 11) is 3.76. The molecule has 0 atom stereocenters. The zero-order chi connectivity index (χ0) is 13.1. The standard InChI is InChI=1S/C12H16N6/c1-8-4-5-9(14-6-8)17-11-10(13)12(18(2)3)16-7-15-11/h4-7H,13H2,1-3H3,(H,14,15,16,17). The maximum absolute atomic E-state index is 6.01. The second-order valence-electron chi connectivity index (χ2n) is 4.20. The molecule has 0 aliphatic rings. The molecule has 2 rings (SSSR count). The van der Waals surface area contributed by atoms with Crippen LogP contribution in [0.15, 0.2) is 24.7 Å². The van der Waals surface area contributed by atoms with E-state index in [9.17, 15) is 0 Å². The van der Waals surface area contributed by atoms with Gasteiger partial charge in [-0.15, -0.1) is 0 Å². The molecule has 2 aromatic heterocycles. The van der Waals surface area contributed by atoms with Gasteiger partial charge >= 0.3 is 0 Å². The largest absolute Gasteiger partial charge is 0.393 e. The lowest BCUT2D eigenvalue weighted by atomic mass is 10.3. The van der Waals surface area contributed by atoms with Gasteiger partial charge in [0.2, 0.25) is 0 Å². The highest BCUT2D eigenvalue weighted by Gasteiger charge is 2.09. The van der Waals surface area contributed by atoms with E-state index in [1.165, 1.54) is 6.33 Å². The summed E-state index contributed by atoms with van der Waals surface area (Å²) in [6.07, 6.45) is 3.26. The molecule has 0 fully saturated rings. The Balaban J connectivity index is 2.29. The highest BCUT2D eigenvalue weighted by Crippen LogP contribution is 2.26. The van der Waals surface area contributed by atoms with E-state index >= 15 is 0 Å². The predicted octanol–water partition coefficient (Wildman–Crippen LogP) is 1.57. The van der Waals surface area contributed by atoms with Gasteiger partial charge in [-0.25, -0.2) is 15.0 Å². The topological polar surface area (TPSA) is 80.0 Å². The number of pyridine rings is 1. The van der Waals surface area contributed by atoms with Crippen LogP contribution in [0.2, 0.25) is 0 Å². The van der Waals surface area contributed by atoms with Gasteiger partial charge in [0.15, 0.2) is 11.6 Å². The highest BCUT2D eigenvalue weighted by molar-refractivity contribution is 5.77. The van der Waals surface area contributed by atoms with Crippen molar-refractivity contribution in [2.45, 2.75) is 6.92 Å². The van der Waals surface area contributed by atoms with Crippen molar-refractivity contribution in [1.82, 2.24) is 15.0 Å². The molecule has 0 bridgehead atoms. The second-order valence-corrected chi connectivity index (χ2v) is 4.20. The molecule has 0 aliphatic heterocycles. The van der Waals surface area contributed by atoms with Crippen LogP contribution in [-0.2, 0) is 0 Å². The Morgan fingerprint density at radius 2 is 1.94 bits per heavy atom. The van der Waals surface area contributed by atoms with Crippen LogP contribution in [0.5, 0.6) is 0 Å². The number of nitrogens with one attached hydrogen (secondary N) is 1. The minimum atomic E-state index is 0.505. The summed E-state index contributed by atoms with van der Waals surface area (Å²) in [5.74, 6) is 1.94. The number of anilines is 4. The fourth-order valence-corrected chi connectivity index (χ4v) is 1.51. The predicted molar refractivity (Wildman–Crippen MR) is 73.0 cm³/mol. The number of hydrogen-bond acceptors (Lipinski definition) is 6. The van der Waals surface area contributed by atoms with Crippen LogP contribution in [0.1, 0.15) is 5.56 Å². The Labute approximate surface area is 106 Å². The maximum Gasteiger partial charge on any atom is 0.160 e. The maximum atomic E-state index is 6.01. The lowest BCUT2D eigenvalue weighted by Gasteiger charge is -2.15. The van der Waals surface area contributed by atoms with Gasteiger partial charge in [0.05, 0.1) is 0 Å². The first kappa shape index (κ1) is 12.1. The van der Waals surface area contributed by atoms with Crippen LogP contribution in [0.4, 0.5) is 23.1 Å². The summed E-state index contributed by atoms with van der Waals surface area (Å²) in [5, 5.41) is 3.08. The Kier molecular flexibility index (Phi) is 3.27. The Morgan fingerprint density at radius 3 is 2.56 bits per heavy atom. The summed E-state index contributed by atoms with van der Waals surface area (Å²) in [6, 6.07) is 3.85. The fraction of sp³-hybridized carbons (Fsp3) is 0.250. The van der Waals surface area contributed by atoms with Crippen molar-refractivity contribution in [3.05, 3.63) is 30.2 Å². The molecule has 0 aliphatic carbocycles. The summed E-state index contributed by atoms with van der Waals surface area (Å²) >= 11 is 0. The third-order valence-corrected chi connectivity index (χ3v) is 2.44. The van der Waals surface area contributed by atoms with Crippen molar-refractivity contribution in [1.29, 1.82) is 0 Å². The molecule has 2 aromatic rings. The summed E-state index contributed by atoms with van der Waals surface area (Å²) < 4.78 is 0. The normalized spacial score (nSPS) is 10.2. The van der Waals surface area contributed by atoms with Gasteiger partial charge in [0, 0.05) is 20.3 Å². The Bertz CT molecular complexity index is 535. The first-order chi connectivity index (χ1) is 8.58. The zero-order valence-corrected chi connectivity index (χ0v) is 10.7. The van der Waals surface area contributed by atoms with Crippen LogP contribution in [-0.4, -0.2) is 29.0 Å². The van der Waals surface area contributed by atoms with Gasteiger partial charge in [-0.3, -0.25) is 0 Å². The van der Waals surface area contributed by atoms with E-state index in [4.69, 9.17) is 5.73 Å². The van der Waals surface area contributed by atoms with Gasteiger partial charge in [-0.05, 0) is 18.6 Å². The average Bonchev–Trinajstić information content (AvgIpc) is 2.34. The van der Waals surface area contributed by atoms with E-state index in [1.807, 2.05) is 38.1 Å². The molecule has 0 saturated carbocycles. The number of aryl methyl sites for hydroxylation is 1. The van der Waals surface area contributed by atoms with Crippen molar-refractivity contribution in [3.63, 3.8) is 0 Å². The van der Waals surface area contributed by atoms with Gasteiger partial charge in [-0.2, -0.15) is 0 Å². The number of nitrogens with two attached hydrogens (primary N) is 1. The summed E-state index contributed by atoms with van der Waals surface area (Å²) in [4.78, 5) is 14.3. The molecule has 6 heteroatoms. The van der Waals surface area contributed by atoms with Gasteiger partial charge in [0.25, 0.3) is 0 Å².